The second-order valence-electron chi connectivity index (χ2n) is 7.71. The predicted octanol–water partition coefficient (Wildman–Crippen LogP) is 3.25. The van der Waals surface area contributed by atoms with Gasteiger partial charge in [0.1, 0.15) is 12.1 Å². The molecule has 0 bridgehead atoms. The van der Waals surface area contributed by atoms with E-state index in [-0.39, 0.29) is 18.6 Å². The van der Waals surface area contributed by atoms with E-state index in [2.05, 4.69) is 29.6 Å². The Labute approximate surface area is 163 Å². The number of carbonyl (C=O) groups excluding carboxylic acids is 1. The molecule has 2 aliphatic carbocycles. The van der Waals surface area contributed by atoms with Gasteiger partial charge in [-0.25, -0.2) is 4.79 Å². The molecule has 4 rings (SSSR count). The van der Waals surface area contributed by atoms with Crippen LogP contribution in [0.15, 0.2) is 48.5 Å². The van der Waals surface area contributed by atoms with Crippen LogP contribution in [0.5, 0.6) is 0 Å². The number of hydrogen-bond acceptors (Lipinski definition) is 4. The molecular formula is C22H24N2O4. The number of alkyl carbamates (subject to hydrolysis) is 1. The van der Waals surface area contributed by atoms with Crippen LogP contribution in [0.4, 0.5) is 4.79 Å². The van der Waals surface area contributed by atoms with Gasteiger partial charge in [0, 0.05) is 12.0 Å². The maximum absolute atomic E-state index is 12.3. The topological polar surface area (TPSA) is 102 Å². The standard InChI is InChI=1S/C22H24N2O4/c23-22(20(25)26)11-9-14(10-12-22)24-21(27)28-13-19-17-7-3-1-5-15(17)16-6-2-4-8-18(16)19/h1-8,14,19H,9-13,23H2,(H,24,27)(H,25,26). The summed E-state index contributed by atoms with van der Waals surface area (Å²) in [6.07, 6.45) is 1.29. The van der Waals surface area contributed by atoms with Crippen molar-refractivity contribution in [1.82, 2.24) is 5.32 Å². The number of hydrogen-bond donors (Lipinski definition) is 3. The number of carboxylic acids is 1. The van der Waals surface area contributed by atoms with Crippen LogP contribution in [0.25, 0.3) is 11.1 Å². The second kappa shape index (κ2) is 7.28. The number of fused-ring (bicyclic) bond motifs is 3. The molecule has 0 spiro atoms. The monoisotopic (exact) mass is 380 g/mol. The number of carbonyl (C=O) groups is 2. The Kier molecular flexibility index (Phi) is 4.81. The van der Waals surface area contributed by atoms with Gasteiger partial charge in [-0.1, -0.05) is 48.5 Å². The summed E-state index contributed by atoms with van der Waals surface area (Å²) in [7, 11) is 0. The van der Waals surface area contributed by atoms with Crippen molar-refractivity contribution in [3.05, 3.63) is 59.7 Å². The fourth-order valence-corrected chi connectivity index (χ4v) is 4.30. The SMILES string of the molecule is NC1(C(=O)O)CCC(NC(=O)OCC2c3ccccc3-c3ccccc32)CC1. The number of carboxylic acid groups (broad SMARTS) is 1. The summed E-state index contributed by atoms with van der Waals surface area (Å²) in [6, 6.07) is 16.3. The first-order chi connectivity index (χ1) is 13.5. The number of nitrogens with one attached hydrogen (secondary N) is 1. The quantitative estimate of drug-likeness (QED) is 0.756. The van der Waals surface area contributed by atoms with E-state index in [1.807, 2.05) is 24.3 Å². The Balaban J connectivity index is 1.36. The van der Waals surface area contributed by atoms with Crippen LogP contribution in [0, 0.1) is 0 Å². The fourth-order valence-electron chi connectivity index (χ4n) is 4.30. The van der Waals surface area contributed by atoms with Crippen molar-refractivity contribution in [2.45, 2.75) is 43.2 Å². The molecule has 0 radical (unpaired) electrons. The lowest BCUT2D eigenvalue weighted by molar-refractivity contribution is -0.144. The van der Waals surface area contributed by atoms with Crippen molar-refractivity contribution >= 4 is 12.1 Å². The molecule has 0 atom stereocenters. The van der Waals surface area contributed by atoms with Crippen molar-refractivity contribution in [3.63, 3.8) is 0 Å². The van der Waals surface area contributed by atoms with Crippen molar-refractivity contribution in [1.29, 1.82) is 0 Å². The van der Waals surface area contributed by atoms with E-state index >= 15 is 0 Å². The normalized spacial score (nSPS) is 23.5. The lowest BCUT2D eigenvalue weighted by Crippen LogP contribution is -2.53. The highest BCUT2D eigenvalue weighted by Gasteiger charge is 2.38. The zero-order valence-corrected chi connectivity index (χ0v) is 15.6. The zero-order valence-electron chi connectivity index (χ0n) is 15.6. The van der Waals surface area contributed by atoms with E-state index in [1.54, 1.807) is 0 Å². The molecule has 1 saturated carbocycles. The Morgan fingerprint density at radius 1 is 1.04 bits per heavy atom. The van der Waals surface area contributed by atoms with E-state index in [0.29, 0.717) is 25.7 Å². The summed E-state index contributed by atoms with van der Waals surface area (Å²) in [5, 5.41) is 12.1. The first-order valence-corrected chi connectivity index (χ1v) is 9.62. The summed E-state index contributed by atoms with van der Waals surface area (Å²) >= 11 is 0. The molecule has 28 heavy (non-hydrogen) atoms. The van der Waals surface area contributed by atoms with Gasteiger partial charge in [-0.05, 0) is 47.9 Å². The number of amides is 1. The first-order valence-electron chi connectivity index (χ1n) is 9.62. The van der Waals surface area contributed by atoms with Gasteiger partial charge in [-0.3, -0.25) is 4.79 Å². The Morgan fingerprint density at radius 2 is 1.57 bits per heavy atom. The minimum absolute atomic E-state index is 0.0215. The molecule has 0 saturated heterocycles. The van der Waals surface area contributed by atoms with Crippen LogP contribution >= 0.6 is 0 Å². The van der Waals surface area contributed by atoms with Gasteiger partial charge < -0.3 is 20.9 Å². The highest BCUT2D eigenvalue weighted by molar-refractivity contribution is 5.79. The van der Waals surface area contributed by atoms with Crippen LogP contribution < -0.4 is 11.1 Å². The third-order valence-corrected chi connectivity index (χ3v) is 5.97. The summed E-state index contributed by atoms with van der Waals surface area (Å²) in [5.74, 6) is -0.958. The van der Waals surface area contributed by atoms with Crippen LogP contribution in [0.3, 0.4) is 0 Å². The van der Waals surface area contributed by atoms with E-state index in [9.17, 15) is 14.7 Å². The molecule has 0 aliphatic heterocycles. The average molecular weight is 380 g/mol. The minimum Gasteiger partial charge on any atom is -0.480 e. The van der Waals surface area contributed by atoms with Crippen molar-refractivity contribution < 1.29 is 19.4 Å². The van der Waals surface area contributed by atoms with E-state index < -0.39 is 17.6 Å². The second-order valence-corrected chi connectivity index (χ2v) is 7.71. The van der Waals surface area contributed by atoms with Crippen LogP contribution in [0.2, 0.25) is 0 Å². The summed E-state index contributed by atoms with van der Waals surface area (Å²) < 4.78 is 5.54. The maximum atomic E-state index is 12.3. The number of ether oxygens (including phenoxy) is 1. The minimum atomic E-state index is -1.18. The fraction of sp³-hybridized carbons (Fsp3) is 0.364. The van der Waals surface area contributed by atoms with Crippen molar-refractivity contribution in [2.75, 3.05) is 6.61 Å². The van der Waals surface area contributed by atoms with Gasteiger partial charge in [-0.2, -0.15) is 0 Å². The molecular weight excluding hydrogens is 356 g/mol. The third kappa shape index (κ3) is 3.36. The van der Waals surface area contributed by atoms with Gasteiger partial charge in [0.2, 0.25) is 0 Å². The molecule has 1 amide bonds. The summed E-state index contributed by atoms with van der Waals surface area (Å²) in [6.45, 7) is 0.266. The number of rotatable bonds is 4. The van der Waals surface area contributed by atoms with Crippen molar-refractivity contribution in [3.8, 4) is 11.1 Å². The smallest absolute Gasteiger partial charge is 0.407 e. The highest BCUT2D eigenvalue weighted by atomic mass is 16.5. The highest BCUT2D eigenvalue weighted by Crippen LogP contribution is 2.44. The Bertz CT molecular complexity index is 857. The van der Waals surface area contributed by atoms with Gasteiger partial charge >= 0.3 is 12.1 Å². The molecule has 0 aromatic heterocycles. The van der Waals surface area contributed by atoms with Crippen LogP contribution in [-0.2, 0) is 9.53 Å². The number of nitrogens with two attached hydrogens (primary N) is 1. The van der Waals surface area contributed by atoms with E-state index in [4.69, 9.17) is 10.5 Å². The predicted molar refractivity (Wildman–Crippen MR) is 105 cm³/mol. The van der Waals surface area contributed by atoms with Gasteiger partial charge in [0.15, 0.2) is 0 Å². The third-order valence-electron chi connectivity index (χ3n) is 5.97. The van der Waals surface area contributed by atoms with Gasteiger partial charge in [0.05, 0.1) is 0 Å². The molecule has 0 unspecified atom stereocenters. The zero-order chi connectivity index (χ0) is 19.7. The van der Waals surface area contributed by atoms with Crippen LogP contribution in [0.1, 0.15) is 42.7 Å². The van der Waals surface area contributed by atoms with Gasteiger partial charge in [0.25, 0.3) is 0 Å². The molecule has 1 fully saturated rings. The molecule has 0 heterocycles. The van der Waals surface area contributed by atoms with Crippen molar-refractivity contribution in [2.24, 2.45) is 5.73 Å². The molecule has 2 aromatic carbocycles. The maximum Gasteiger partial charge on any atom is 0.407 e. The Hall–Kier alpha value is -2.86. The largest absolute Gasteiger partial charge is 0.480 e. The molecule has 2 aliphatic rings. The van der Waals surface area contributed by atoms with Gasteiger partial charge in [-0.15, -0.1) is 0 Å². The van der Waals surface area contributed by atoms with E-state index in [0.717, 1.165) is 0 Å². The van der Waals surface area contributed by atoms with Crippen LogP contribution in [-0.4, -0.2) is 35.4 Å². The summed E-state index contributed by atoms with van der Waals surface area (Å²) in [5.41, 5.74) is 9.42. The lowest BCUT2D eigenvalue weighted by Gasteiger charge is -2.33. The Morgan fingerprint density at radius 3 is 2.11 bits per heavy atom. The molecule has 6 heteroatoms. The molecule has 2 aromatic rings. The number of benzene rings is 2. The molecule has 6 nitrogen and oxygen atoms in total. The van der Waals surface area contributed by atoms with E-state index in [1.165, 1.54) is 22.3 Å². The average Bonchev–Trinajstić information content (AvgIpc) is 3.02. The molecule has 146 valence electrons. The lowest BCUT2D eigenvalue weighted by atomic mass is 9.80. The number of aliphatic carboxylic acids is 1. The summed E-state index contributed by atoms with van der Waals surface area (Å²) in [4.78, 5) is 23.5. The molecule has 4 N–H and O–H groups in total. The first kappa shape index (κ1) is 18.5.